The number of hydrogen-bond donors (Lipinski definition) is 0. The van der Waals surface area contributed by atoms with E-state index in [9.17, 15) is 22.4 Å². The highest BCUT2D eigenvalue weighted by Gasteiger charge is 2.32. The number of benzene rings is 1. The average Bonchev–Trinajstić information content (AvgIpc) is 2.35. The molecule has 0 spiro atoms. The first-order valence-electron chi connectivity index (χ1n) is 6.02. The highest BCUT2D eigenvalue weighted by atomic mass is 19.4. The molecule has 6 heteroatoms. The first kappa shape index (κ1) is 16.6. The predicted octanol–water partition coefficient (Wildman–Crippen LogP) is 4.23. The van der Waals surface area contributed by atoms with Crippen molar-refractivity contribution in [2.45, 2.75) is 38.5 Å². The van der Waals surface area contributed by atoms with Crippen LogP contribution in [0.5, 0.6) is 0 Å². The molecular weight excluding hydrogens is 276 g/mol. The Morgan fingerprint density at radius 3 is 2.35 bits per heavy atom. The minimum absolute atomic E-state index is 0.0843. The van der Waals surface area contributed by atoms with E-state index in [1.807, 2.05) is 0 Å². The van der Waals surface area contributed by atoms with Crippen LogP contribution in [0, 0.1) is 5.82 Å². The van der Waals surface area contributed by atoms with Gasteiger partial charge in [0, 0.05) is 13.5 Å². The van der Waals surface area contributed by atoms with E-state index in [1.165, 1.54) is 7.11 Å². The van der Waals surface area contributed by atoms with Crippen LogP contribution in [-0.2, 0) is 10.9 Å². The summed E-state index contributed by atoms with van der Waals surface area (Å²) in [5.41, 5.74) is -2.16. The topological polar surface area (TPSA) is 26.3 Å². The van der Waals surface area contributed by atoms with Crippen molar-refractivity contribution in [2.75, 3.05) is 7.11 Å². The van der Waals surface area contributed by atoms with Crippen LogP contribution in [0.2, 0.25) is 0 Å². The van der Waals surface area contributed by atoms with Gasteiger partial charge < -0.3 is 4.74 Å². The molecule has 20 heavy (non-hydrogen) atoms. The standard InChI is InChI=1S/C14H16F4O2/c1-13(2,20-3)7-6-12(19)10-8-9(14(16,17)18)4-5-11(10)15/h4-5,8H,6-7H2,1-3H3. The second-order valence-electron chi connectivity index (χ2n) is 5.08. The molecule has 0 N–H and O–H groups in total. The van der Waals surface area contributed by atoms with Gasteiger partial charge in [0.05, 0.1) is 16.7 Å². The van der Waals surface area contributed by atoms with Gasteiger partial charge in [-0.3, -0.25) is 4.79 Å². The van der Waals surface area contributed by atoms with Gasteiger partial charge in [-0.25, -0.2) is 4.39 Å². The zero-order valence-corrected chi connectivity index (χ0v) is 11.5. The molecule has 1 rings (SSSR count). The average molecular weight is 292 g/mol. The molecule has 0 heterocycles. The predicted molar refractivity (Wildman–Crippen MR) is 66.1 cm³/mol. The summed E-state index contributed by atoms with van der Waals surface area (Å²) in [6.07, 6.45) is -4.40. The van der Waals surface area contributed by atoms with Crippen molar-refractivity contribution in [3.63, 3.8) is 0 Å². The Labute approximate surface area is 114 Å². The third-order valence-electron chi connectivity index (χ3n) is 3.10. The Kier molecular flexibility index (Phi) is 4.91. The van der Waals surface area contributed by atoms with E-state index >= 15 is 0 Å². The molecule has 0 aliphatic carbocycles. The minimum atomic E-state index is -4.60. The first-order valence-corrected chi connectivity index (χ1v) is 6.02. The number of carbonyl (C=O) groups excluding carboxylic acids is 1. The zero-order chi connectivity index (χ0) is 15.6. The van der Waals surface area contributed by atoms with Gasteiger partial charge in [-0.05, 0) is 38.5 Å². The molecule has 1 aromatic rings. The van der Waals surface area contributed by atoms with Crippen LogP contribution in [-0.4, -0.2) is 18.5 Å². The third-order valence-corrected chi connectivity index (χ3v) is 3.10. The van der Waals surface area contributed by atoms with Crippen LogP contribution >= 0.6 is 0 Å². The molecule has 0 radical (unpaired) electrons. The van der Waals surface area contributed by atoms with Crippen molar-refractivity contribution in [1.82, 2.24) is 0 Å². The number of methoxy groups -OCH3 is 1. The minimum Gasteiger partial charge on any atom is -0.379 e. The molecule has 0 aliphatic rings. The fraction of sp³-hybridized carbons (Fsp3) is 0.500. The number of hydrogen-bond acceptors (Lipinski definition) is 2. The van der Waals surface area contributed by atoms with Gasteiger partial charge in [0.1, 0.15) is 5.82 Å². The van der Waals surface area contributed by atoms with Gasteiger partial charge in [0.2, 0.25) is 0 Å². The summed E-state index contributed by atoms with van der Waals surface area (Å²) in [5, 5.41) is 0. The Hall–Kier alpha value is -1.43. The lowest BCUT2D eigenvalue weighted by Crippen LogP contribution is -2.23. The quantitative estimate of drug-likeness (QED) is 0.599. The second-order valence-corrected chi connectivity index (χ2v) is 5.08. The van der Waals surface area contributed by atoms with Crippen molar-refractivity contribution < 1.29 is 27.1 Å². The fourth-order valence-corrected chi connectivity index (χ4v) is 1.57. The van der Waals surface area contributed by atoms with Crippen molar-refractivity contribution in [3.05, 3.63) is 35.1 Å². The molecule has 112 valence electrons. The van der Waals surface area contributed by atoms with Crippen LogP contribution in [0.1, 0.15) is 42.6 Å². The Balaban J connectivity index is 2.93. The second kappa shape index (κ2) is 5.91. The summed E-state index contributed by atoms with van der Waals surface area (Å²) >= 11 is 0. The van der Waals surface area contributed by atoms with Crippen molar-refractivity contribution in [1.29, 1.82) is 0 Å². The molecule has 1 aromatic carbocycles. The van der Waals surface area contributed by atoms with E-state index in [2.05, 4.69) is 0 Å². The first-order chi connectivity index (χ1) is 9.07. The molecule has 0 bridgehead atoms. The van der Waals surface area contributed by atoms with E-state index in [-0.39, 0.29) is 12.8 Å². The van der Waals surface area contributed by atoms with E-state index in [0.717, 1.165) is 0 Å². The van der Waals surface area contributed by atoms with Gasteiger partial charge in [-0.2, -0.15) is 13.2 Å². The SMILES string of the molecule is COC(C)(C)CCC(=O)c1cc(C(F)(F)F)ccc1F. The number of Topliss-reactive ketones (excluding diaryl/α,β-unsaturated/α-hetero) is 1. The fourth-order valence-electron chi connectivity index (χ4n) is 1.57. The lowest BCUT2D eigenvalue weighted by atomic mass is 9.96. The molecule has 0 unspecified atom stereocenters. The van der Waals surface area contributed by atoms with Crippen molar-refractivity contribution >= 4 is 5.78 Å². The van der Waals surface area contributed by atoms with Crippen LogP contribution in [0.15, 0.2) is 18.2 Å². The number of ketones is 1. The zero-order valence-electron chi connectivity index (χ0n) is 11.5. The van der Waals surface area contributed by atoms with E-state index in [1.54, 1.807) is 13.8 Å². The maximum atomic E-state index is 13.5. The summed E-state index contributed by atoms with van der Waals surface area (Å²) in [6, 6.07) is 1.83. The molecular formula is C14H16F4O2. The lowest BCUT2D eigenvalue weighted by molar-refractivity contribution is -0.137. The van der Waals surface area contributed by atoms with Gasteiger partial charge in [-0.15, -0.1) is 0 Å². The van der Waals surface area contributed by atoms with Crippen molar-refractivity contribution in [2.24, 2.45) is 0 Å². The molecule has 0 atom stereocenters. The number of carbonyl (C=O) groups is 1. The molecule has 0 fully saturated rings. The molecule has 0 amide bonds. The Morgan fingerprint density at radius 2 is 1.85 bits per heavy atom. The lowest BCUT2D eigenvalue weighted by Gasteiger charge is -2.22. The Bertz CT molecular complexity index is 492. The van der Waals surface area contributed by atoms with Gasteiger partial charge in [0.15, 0.2) is 5.78 Å². The van der Waals surface area contributed by atoms with E-state index in [4.69, 9.17) is 4.74 Å². The summed E-state index contributed by atoms with van der Waals surface area (Å²) in [6.45, 7) is 3.48. The monoisotopic (exact) mass is 292 g/mol. The largest absolute Gasteiger partial charge is 0.416 e. The van der Waals surface area contributed by atoms with Crippen LogP contribution in [0.4, 0.5) is 17.6 Å². The smallest absolute Gasteiger partial charge is 0.379 e. The number of rotatable bonds is 5. The van der Waals surface area contributed by atoms with Gasteiger partial charge >= 0.3 is 6.18 Å². The van der Waals surface area contributed by atoms with E-state index in [0.29, 0.717) is 18.2 Å². The Morgan fingerprint density at radius 1 is 1.25 bits per heavy atom. The number of ether oxygens (including phenoxy) is 1. The number of alkyl halides is 3. The van der Waals surface area contributed by atoms with Crippen LogP contribution < -0.4 is 0 Å². The van der Waals surface area contributed by atoms with Gasteiger partial charge in [0.25, 0.3) is 0 Å². The maximum absolute atomic E-state index is 13.5. The molecule has 0 saturated heterocycles. The van der Waals surface area contributed by atoms with Gasteiger partial charge in [-0.1, -0.05) is 0 Å². The highest BCUT2D eigenvalue weighted by Crippen LogP contribution is 2.31. The summed E-state index contributed by atoms with van der Waals surface area (Å²) in [7, 11) is 1.47. The number of halogens is 4. The summed E-state index contributed by atoms with van der Waals surface area (Å²) in [4.78, 5) is 11.8. The van der Waals surface area contributed by atoms with E-state index < -0.39 is 34.5 Å². The third kappa shape index (κ3) is 4.30. The summed E-state index contributed by atoms with van der Waals surface area (Å²) < 4.78 is 56.2. The normalized spacial score (nSPS) is 12.6. The molecule has 0 saturated carbocycles. The molecule has 0 aliphatic heterocycles. The maximum Gasteiger partial charge on any atom is 0.416 e. The molecule has 2 nitrogen and oxygen atoms in total. The highest BCUT2D eigenvalue weighted by molar-refractivity contribution is 5.96. The van der Waals surface area contributed by atoms with Crippen molar-refractivity contribution in [3.8, 4) is 0 Å². The summed E-state index contributed by atoms with van der Waals surface area (Å²) in [5.74, 6) is -1.61. The van der Waals surface area contributed by atoms with Crippen LogP contribution in [0.3, 0.4) is 0 Å². The van der Waals surface area contributed by atoms with Crippen LogP contribution in [0.25, 0.3) is 0 Å². The molecule has 0 aromatic heterocycles.